The fourth-order valence-electron chi connectivity index (χ4n) is 1.74. The number of methoxy groups -OCH3 is 1. The lowest BCUT2D eigenvalue weighted by atomic mass is 10.1. The molecule has 1 aromatic rings. The number of hydrogen-bond acceptors (Lipinski definition) is 3. The van der Waals surface area contributed by atoms with Gasteiger partial charge in [0.2, 0.25) is 5.96 Å². The topological polar surface area (TPSA) is 65.4 Å². The Labute approximate surface area is 127 Å². The van der Waals surface area contributed by atoms with Crippen LogP contribution in [-0.2, 0) is 4.79 Å². The molecule has 1 aliphatic rings. The highest BCUT2D eigenvalue weighted by Gasteiger charge is 2.27. The molecular weight excluding hydrogens is 378 g/mol. The van der Waals surface area contributed by atoms with E-state index in [0.717, 1.165) is 14.5 Å². The molecular formula is C12H11Br2N3O2. The van der Waals surface area contributed by atoms with E-state index in [9.17, 15) is 4.79 Å². The van der Waals surface area contributed by atoms with Gasteiger partial charge in [0.1, 0.15) is 11.4 Å². The lowest BCUT2D eigenvalue weighted by molar-refractivity contribution is -0.115. The van der Waals surface area contributed by atoms with Gasteiger partial charge in [0, 0.05) is 17.1 Å². The summed E-state index contributed by atoms with van der Waals surface area (Å²) in [5.41, 5.74) is 1.14. The predicted molar refractivity (Wildman–Crippen MR) is 80.0 cm³/mol. The Morgan fingerprint density at radius 2 is 2.11 bits per heavy atom. The van der Waals surface area contributed by atoms with Gasteiger partial charge in [-0.1, -0.05) is 15.9 Å². The summed E-state index contributed by atoms with van der Waals surface area (Å²) in [6.07, 6.45) is 1.69. The molecule has 1 heterocycles. The molecule has 7 heteroatoms. The summed E-state index contributed by atoms with van der Waals surface area (Å²) in [4.78, 5) is 13.2. The zero-order valence-corrected chi connectivity index (χ0v) is 13.4. The summed E-state index contributed by atoms with van der Waals surface area (Å²) >= 11 is 6.81. The maximum atomic E-state index is 11.7. The van der Waals surface area contributed by atoms with E-state index in [1.165, 1.54) is 4.90 Å². The first-order chi connectivity index (χ1) is 8.93. The number of amides is 1. The van der Waals surface area contributed by atoms with Crippen LogP contribution in [-0.4, -0.2) is 30.9 Å². The predicted octanol–water partition coefficient (Wildman–Crippen LogP) is 2.56. The van der Waals surface area contributed by atoms with E-state index in [1.54, 1.807) is 20.2 Å². The highest BCUT2D eigenvalue weighted by atomic mass is 79.9. The molecule has 0 aliphatic carbocycles. The number of benzene rings is 1. The SMILES string of the molecule is COc1c(Br)cc(Br)cc1C=C1C(=O)NC(=N)N1C. The Kier molecular flexibility index (Phi) is 3.96. The van der Waals surface area contributed by atoms with Crippen LogP contribution in [0.3, 0.4) is 0 Å². The average molecular weight is 389 g/mol. The van der Waals surface area contributed by atoms with E-state index in [0.29, 0.717) is 11.4 Å². The number of nitrogens with one attached hydrogen (secondary N) is 2. The maximum Gasteiger partial charge on any atom is 0.274 e. The molecule has 2 rings (SSSR count). The zero-order valence-electron chi connectivity index (χ0n) is 10.3. The van der Waals surface area contributed by atoms with Crippen molar-refractivity contribution in [1.82, 2.24) is 10.2 Å². The number of halogens is 2. The number of rotatable bonds is 2. The third kappa shape index (κ3) is 2.66. The second kappa shape index (κ2) is 5.34. The molecule has 1 saturated heterocycles. The van der Waals surface area contributed by atoms with Crippen LogP contribution in [0.5, 0.6) is 5.75 Å². The van der Waals surface area contributed by atoms with Crippen LogP contribution in [0.1, 0.15) is 5.56 Å². The number of carbonyl (C=O) groups excluding carboxylic acids is 1. The van der Waals surface area contributed by atoms with Crippen molar-refractivity contribution in [2.75, 3.05) is 14.2 Å². The van der Waals surface area contributed by atoms with Gasteiger partial charge in [-0.15, -0.1) is 0 Å². The molecule has 5 nitrogen and oxygen atoms in total. The fraction of sp³-hybridized carbons (Fsp3) is 0.167. The molecule has 100 valence electrons. The summed E-state index contributed by atoms with van der Waals surface area (Å²) in [5, 5.41) is 10.0. The second-order valence-electron chi connectivity index (χ2n) is 3.90. The number of guanidine groups is 1. The summed E-state index contributed by atoms with van der Waals surface area (Å²) in [5.74, 6) is 0.394. The van der Waals surface area contributed by atoms with Crippen molar-refractivity contribution < 1.29 is 9.53 Å². The molecule has 0 unspecified atom stereocenters. The molecule has 0 bridgehead atoms. The van der Waals surface area contributed by atoms with E-state index in [1.807, 2.05) is 12.1 Å². The average Bonchev–Trinajstić information content (AvgIpc) is 2.55. The number of hydrogen-bond donors (Lipinski definition) is 2. The Morgan fingerprint density at radius 3 is 2.63 bits per heavy atom. The van der Waals surface area contributed by atoms with E-state index in [4.69, 9.17) is 10.1 Å². The summed E-state index contributed by atoms with van der Waals surface area (Å²) in [6, 6.07) is 3.71. The number of carbonyl (C=O) groups is 1. The Balaban J connectivity index is 2.54. The minimum absolute atomic E-state index is 0.0595. The van der Waals surface area contributed by atoms with E-state index in [2.05, 4.69) is 37.2 Å². The van der Waals surface area contributed by atoms with Gasteiger partial charge in [-0.3, -0.25) is 15.5 Å². The van der Waals surface area contributed by atoms with Gasteiger partial charge in [0.25, 0.3) is 5.91 Å². The quantitative estimate of drug-likeness (QED) is 0.765. The van der Waals surface area contributed by atoms with Gasteiger partial charge in [0.15, 0.2) is 0 Å². The van der Waals surface area contributed by atoms with Crippen molar-refractivity contribution in [3.63, 3.8) is 0 Å². The third-order valence-corrected chi connectivity index (χ3v) is 3.74. The van der Waals surface area contributed by atoms with E-state index in [-0.39, 0.29) is 11.9 Å². The van der Waals surface area contributed by atoms with Crippen LogP contribution in [0.4, 0.5) is 0 Å². The van der Waals surface area contributed by atoms with Crippen molar-refractivity contribution in [3.8, 4) is 5.75 Å². The maximum absolute atomic E-state index is 11.7. The van der Waals surface area contributed by atoms with E-state index >= 15 is 0 Å². The van der Waals surface area contributed by atoms with Crippen LogP contribution in [0.15, 0.2) is 26.8 Å². The first-order valence-electron chi connectivity index (χ1n) is 5.32. The second-order valence-corrected chi connectivity index (χ2v) is 5.67. The van der Waals surface area contributed by atoms with Gasteiger partial charge in [-0.2, -0.15) is 0 Å². The Bertz CT molecular complexity index is 599. The number of likely N-dealkylation sites (N-methyl/N-ethyl adjacent to an activating group) is 1. The van der Waals surface area contributed by atoms with Gasteiger partial charge >= 0.3 is 0 Å². The smallest absolute Gasteiger partial charge is 0.274 e. The van der Waals surface area contributed by atoms with Crippen LogP contribution < -0.4 is 10.1 Å². The Morgan fingerprint density at radius 1 is 1.42 bits per heavy atom. The minimum Gasteiger partial charge on any atom is -0.495 e. The van der Waals surface area contributed by atoms with E-state index < -0.39 is 0 Å². The van der Waals surface area contributed by atoms with Crippen LogP contribution >= 0.6 is 31.9 Å². The molecule has 1 fully saturated rings. The van der Waals surface area contributed by atoms with Crippen LogP contribution in [0.2, 0.25) is 0 Å². The largest absolute Gasteiger partial charge is 0.495 e. The standard InChI is InChI=1S/C12H11Br2N3O2/c1-17-9(11(18)16-12(17)15)4-6-3-7(13)5-8(14)10(6)19-2/h3-5H,1-2H3,(H2,15,16,18). The monoisotopic (exact) mass is 387 g/mol. The van der Waals surface area contributed by atoms with Crippen molar-refractivity contribution in [3.05, 3.63) is 32.3 Å². The minimum atomic E-state index is -0.300. The lowest BCUT2D eigenvalue weighted by Gasteiger charge is -2.12. The summed E-state index contributed by atoms with van der Waals surface area (Å²) in [6.45, 7) is 0. The molecule has 0 saturated carbocycles. The normalized spacial score (nSPS) is 17.1. The lowest BCUT2D eigenvalue weighted by Crippen LogP contribution is -2.25. The Hall–Kier alpha value is -1.34. The van der Waals surface area contributed by atoms with Crippen LogP contribution in [0, 0.1) is 5.41 Å². The zero-order chi connectivity index (χ0) is 14.2. The molecule has 0 atom stereocenters. The first kappa shape index (κ1) is 14.1. The molecule has 0 spiro atoms. The molecule has 19 heavy (non-hydrogen) atoms. The molecule has 1 aliphatic heterocycles. The van der Waals surface area contributed by atoms with Crippen molar-refractivity contribution in [1.29, 1.82) is 5.41 Å². The van der Waals surface area contributed by atoms with Gasteiger partial charge in [-0.25, -0.2) is 0 Å². The molecule has 1 aromatic carbocycles. The molecule has 0 radical (unpaired) electrons. The summed E-state index contributed by atoms with van der Waals surface area (Å²) < 4.78 is 6.97. The van der Waals surface area contributed by atoms with Crippen molar-refractivity contribution >= 4 is 49.8 Å². The highest BCUT2D eigenvalue weighted by molar-refractivity contribution is 9.11. The molecule has 1 amide bonds. The van der Waals surface area contributed by atoms with Gasteiger partial charge in [-0.05, 0) is 34.1 Å². The molecule has 0 aromatic heterocycles. The molecule has 2 N–H and O–H groups in total. The van der Waals surface area contributed by atoms with Crippen LogP contribution in [0.25, 0.3) is 6.08 Å². The first-order valence-corrected chi connectivity index (χ1v) is 6.91. The number of ether oxygens (including phenoxy) is 1. The van der Waals surface area contributed by atoms with Crippen molar-refractivity contribution in [2.45, 2.75) is 0 Å². The van der Waals surface area contributed by atoms with Gasteiger partial charge < -0.3 is 9.64 Å². The van der Waals surface area contributed by atoms with Crippen molar-refractivity contribution in [2.24, 2.45) is 0 Å². The summed E-state index contributed by atoms with van der Waals surface area (Å²) in [7, 11) is 3.22. The third-order valence-electron chi connectivity index (χ3n) is 2.69. The highest BCUT2D eigenvalue weighted by Crippen LogP contribution is 2.34. The number of nitrogens with zero attached hydrogens (tertiary/aromatic N) is 1. The fourth-order valence-corrected chi connectivity index (χ4v) is 3.16. The van der Waals surface area contributed by atoms with Gasteiger partial charge in [0.05, 0.1) is 11.6 Å².